The van der Waals surface area contributed by atoms with E-state index in [4.69, 9.17) is 10.5 Å². The van der Waals surface area contributed by atoms with Crippen molar-refractivity contribution in [3.05, 3.63) is 0 Å². The van der Waals surface area contributed by atoms with Gasteiger partial charge >= 0.3 is 0 Å². The number of hydrogen-bond acceptors (Lipinski definition) is 4. The van der Waals surface area contributed by atoms with Crippen LogP contribution in [0.15, 0.2) is 0 Å². The molecular weight excluding hydrogens is 202 g/mol. The van der Waals surface area contributed by atoms with Crippen LogP contribution in [0.5, 0.6) is 0 Å². The van der Waals surface area contributed by atoms with Crippen molar-refractivity contribution in [1.82, 2.24) is 0 Å². The van der Waals surface area contributed by atoms with Crippen LogP contribution in [0, 0.1) is 0 Å². The second kappa shape index (κ2) is 7.20. The molecule has 0 aromatic carbocycles. The monoisotopic (exact) mass is 223 g/mol. The molecule has 0 fully saturated rings. The third-order valence-corrected chi connectivity index (χ3v) is 3.79. The minimum atomic E-state index is -2.98. The second-order valence-electron chi connectivity index (χ2n) is 3.33. The molecule has 0 aliphatic carbocycles. The van der Waals surface area contributed by atoms with Gasteiger partial charge in [0.25, 0.3) is 0 Å². The fraction of sp³-hybridized carbons (Fsp3) is 1.00. The van der Waals surface area contributed by atoms with E-state index in [9.17, 15) is 8.42 Å². The molecule has 0 heterocycles. The zero-order valence-electron chi connectivity index (χ0n) is 9.03. The minimum Gasteiger partial charge on any atom is -0.382 e. The Morgan fingerprint density at radius 1 is 1.36 bits per heavy atom. The lowest BCUT2D eigenvalue weighted by molar-refractivity contribution is 0.148. The molecule has 0 aliphatic heterocycles. The molecule has 4 nitrogen and oxygen atoms in total. The van der Waals surface area contributed by atoms with Crippen LogP contribution in [0.3, 0.4) is 0 Å². The summed E-state index contributed by atoms with van der Waals surface area (Å²) in [6.45, 7) is 4.92. The van der Waals surface area contributed by atoms with Gasteiger partial charge in [-0.05, 0) is 19.8 Å². The maximum atomic E-state index is 11.4. The van der Waals surface area contributed by atoms with E-state index in [1.165, 1.54) is 0 Å². The highest BCUT2D eigenvalue weighted by Crippen LogP contribution is 1.99. The van der Waals surface area contributed by atoms with Gasteiger partial charge in [-0.25, -0.2) is 8.42 Å². The highest BCUT2D eigenvalue weighted by molar-refractivity contribution is 7.91. The van der Waals surface area contributed by atoms with Crippen LogP contribution >= 0.6 is 0 Å². The molecule has 0 radical (unpaired) electrons. The summed E-state index contributed by atoms with van der Waals surface area (Å²) in [4.78, 5) is 0. The van der Waals surface area contributed by atoms with Gasteiger partial charge in [-0.1, -0.05) is 6.92 Å². The fourth-order valence-corrected chi connectivity index (χ4v) is 2.66. The first-order chi connectivity index (χ1) is 6.52. The predicted octanol–water partition coefficient (Wildman–Crippen LogP) is 0.565. The van der Waals surface area contributed by atoms with Crippen LogP contribution < -0.4 is 5.73 Å². The lowest BCUT2D eigenvalue weighted by Gasteiger charge is -2.09. The van der Waals surface area contributed by atoms with E-state index in [2.05, 4.69) is 0 Å². The second-order valence-corrected chi connectivity index (χ2v) is 5.56. The van der Waals surface area contributed by atoms with Gasteiger partial charge in [-0.15, -0.1) is 0 Å². The molecule has 5 heteroatoms. The summed E-state index contributed by atoms with van der Waals surface area (Å²) < 4.78 is 27.9. The summed E-state index contributed by atoms with van der Waals surface area (Å²) in [5.41, 5.74) is 5.58. The zero-order valence-corrected chi connectivity index (χ0v) is 9.85. The highest BCUT2D eigenvalue weighted by atomic mass is 32.2. The average Bonchev–Trinajstić information content (AvgIpc) is 2.12. The van der Waals surface area contributed by atoms with Crippen molar-refractivity contribution in [2.75, 3.05) is 24.7 Å². The van der Waals surface area contributed by atoms with E-state index in [1.54, 1.807) is 0 Å². The third kappa shape index (κ3) is 7.29. The number of hydrogen-bond donors (Lipinski definition) is 1. The Kier molecular flexibility index (Phi) is 7.13. The molecule has 0 aromatic rings. The van der Waals surface area contributed by atoms with E-state index >= 15 is 0 Å². The summed E-state index contributed by atoms with van der Waals surface area (Å²) in [6, 6.07) is -0.230. The van der Waals surface area contributed by atoms with Crippen molar-refractivity contribution < 1.29 is 13.2 Å². The Morgan fingerprint density at radius 3 is 2.50 bits per heavy atom. The van der Waals surface area contributed by atoms with Crippen LogP contribution in [0.25, 0.3) is 0 Å². The summed E-state index contributed by atoms with van der Waals surface area (Å²) in [5, 5.41) is 0. The predicted molar refractivity (Wildman–Crippen MR) is 58.0 cm³/mol. The van der Waals surface area contributed by atoms with Crippen molar-refractivity contribution in [2.45, 2.75) is 32.7 Å². The van der Waals surface area contributed by atoms with Crippen molar-refractivity contribution >= 4 is 9.84 Å². The third-order valence-electron chi connectivity index (χ3n) is 1.94. The first-order valence-corrected chi connectivity index (χ1v) is 6.87. The van der Waals surface area contributed by atoms with E-state index in [1.807, 2.05) is 13.8 Å². The zero-order chi connectivity index (χ0) is 11.0. The van der Waals surface area contributed by atoms with Gasteiger partial charge < -0.3 is 10.5 Å². The molecule has 0 saturated carbocycles. The van der Waals surface area contributed by atoms with Crippen LogP contribution in [-0.4, -0.2) is 39.2 Å². The normalized spacial score (nSPS) is 14.2. The standard InChI is InChI=1S/C9H21NO3S/c1-3-9(10)8-14(11,12)7-5-6-13-4-2/h9H,3-8,10H2,1-2H3. The van der Waals surface area contributed by atoms with Crippen LogP contribution in [0.2, 0.25) is 0 Å². The summed E-state index contributed by atoms with van der Waals surface area (Å²) >= 11 is 0. The SMILES string of the molecule is CCOCCCS(=O)(=O)CC(N)CC. The molecule has 0 spiro atoms. The van der Waals surface area contributed by atoms with Gasteiger partial charge in [0.1, 0.15) is 0 Å². The number of nitrogens with two attached hydrogens (primary N) is 1. The molecule has 0 saturated heterocycles. The molecule has 0 bridgehead atoms. The van der Waals surface area contributed by atoms with E-state index in [-0.39, 0.29) is 17.5 Å². The van der Waals surface area contributed by atoms with Crippen LogP contribution in [-0.2, 0) is 14.6 Å². The summed E-state index contributed by atoms with van der Waals surface area (Å²) in [5.74, 6) is 0.274. The van der Waals surface area contributed by atoms with Crippen LogP contribution in [0.4, 0.5) is 0 Å². The van der Waals surface area contributed by atoms with Gasteiger partial charge in [0.15, 0.2) is 9.84 Å². The lowest BCUT2D eigenvalue weighted by atomic mass is 10.3. The van der Waals surface area contributed by atoms with Crippen molar-refractivity contribution in [3.63, 3.8) is 0 Å². The molecule has 2 N–H and O–H groups in total. The fourth-order valence-electron chi connectivity index (χ4n) is 1.05. The smallest absolute Gasteiger partial charge is 0.151 e. The number of sulfone groups is 1. The summed E-state index contributed by atoms with van der Waals surface area (Å²) in [7, 11) is -2.98. The quantitative estimate of drug-likeness (QED) is 0.611. The van der Waals surface area contributed by atoms with E-state index < -0.39 is 9.84 Å². The number of ether oxygens (including phenoxy) is 1. The largest absolute Gasteiger partial charge is 0.382 e. The van der Waals surface area contributed by atoms with Crippen molar-refractivity contribution in [1.29, 1.82) is 0 Å². The van der Waals surface area contributed by atoms with Gasteiger partial charge in [0, 0.05) is 19.3 Å². The maximum absolute atomic E-state index is 11.4. The van der Waals surface area contributed by atoms with Gasteiger partial charge in [-0.2, -0.15) is 0 Å². The lowest BCUT2D eigenvalue weighted by Crippen LogP contribution is -2.30. The minimum absolute atomic E-state index is 0.0929. The molecule has 86 valence electrons. The summed E-state index contributed by atoms with van der Waals surface area (Å²) in [6.07, 6.45) is 1.26. The Labute approximate surface area is 86.7 Å². The topological polar surface area (TPSA) is 69.4 Å². The van der Waals surface area contributed by atoms with E-state index in [0.717, 1.165) is 0 Å². The van der Waals surface area contributed by atoms with Gasteiger partial charge in [0.2, 0.25) is 0 Å². The highest BCUT2D eigenvalue weighted by Gasteiger charge is 2.14. The Balaban J connectivity index is 3.73. The maximum Gasteiger partial charge on any atom is 0.151 e. The van der Waals surface area contributed by atoms with Crippen molar-refractivity contribution in [3.8, 4) is 0 Å². The first kappa shape index (κ1) is 13.9. The molecule has 0 amide bonds. The van der Waals surface area contributed by atoms with Gasteiger partial charge in [-0.3, -0.25) is 0 Å². The van der Waals surface area contributed by atoms with Crippen LogP contribution in [0.1, 0.15) is 26.7 Å². The number of rotatable bonds is 8. The molecule has 14 heavy (non-hydrogen) atoms. The Morgan fingerprint density at radius 2 is 2.00 bits per heavy atom. The van der Waals surface area contributed by atoms with Crippen molar-refractivity contribution in [2.24, 2.45) is 5.73 Å². The molecule has 0 rings (SSSR count). The molecule has 0 aromatic heterocycles. The Hall–Kier alpha value is -0.130. The van der Waals surface area contributed by atoms with E-state index in [0.29, 0.717) is 26.1 Å². The average molecular weight is 223 g/mol. The Bertz CT molecular complexity index is 226. The molecule has 0 aliphatic rings. The molecule has 1 unspecified atom stereocenters. The molecule has 1 atom stereocenters. The first-order valence-electron chi connectivity index (χ1n) is 5.05. The van der Waals surface area contributed by atoms with Gasteiger partial charge in [0.05, 0.1) is 11.5 Å². The molecular formula is C9H21NO3S.